The molecule has 2 nitrogen and oxygen atoms in total. The summed E-state index contributed by atoms with van der Waals surface area (Å²) in [5.74, 6) is 0. The quantitative estimate of drug-likeness (QED) is 0.267. The summed E-state index contributed by atoms with van der Waals surface area (Å²) in [6.45, 7) is 17.7. The highest BCUT2D eigenvalue weighted by atomic mass is 28.4. The fourth-order valence-electron chi connectivity index (χ4n) is 2.22. The normalized spacial score (nSPS) is 15.8. The zero-order chi connectivity index (χ0) is 16.5. The molecule has 0 aromatic carbocycles. The lowest BCUT2D eigenvalue weighted by Gasteiger charge is -2.39. The Morgan fingerprint density at radius 3 is 2.19 bits per heavy atom. The van der Waals surface area contributed by atoms with Crippen molar-refractivity contribution in [2.24, 2.45) is 0 Å². The molecule has 0 rings (SSSR count). The maximum absolute atomic E-state index is 6.57. The highest BCUT2D eigenvalue weighted by Gasteiger charge is 2.39. The summed E-state index contributed by atoms with van der Waals surface area (Å²) in [5.41, 5.74) is 0. The Hall–Kier alpha value is -0.123. The summed E-state index contributed by atoms with van der Waals surface area (Å²) in [6, 6.07) is 0. The van der Waals surface area contributed by atoms with Crippen molar-refractivity contribution in [1.82, 2.24) is 0 Å². The Bertz CT molecular complexity index is 281. The summed E-state index contributed by atoms with van der Waals surface area (Å²) in [4.78, 5) is 0. The number of rotatable bonds is 11. The van der Waals surface area contributed by atoms with Gasteiger partial charge < -0.3 is 9.16 Å². The number of unbranched alkanes of at least 4 members (excludes halogenated alkanes) is 2. The fourth-order valence-corrected chi connectivity index (χ4v) is 3.60. The summed E-state index contributed by atoms with van der Waals surface area (Å²) >= 11 is 0. The molecule has 0 aliphatic rings. The first-order valence-corrected chi connectivity index (χ1v) is 11.4. The first kappa shape index (κ1) is 20.9. The van der Waals surface area contributed by atoms with E-state index in [1.807, 2.05) is 13.2 Å². The van der Waals surface area contributed by atoms with Crippen molar-refractivity contribution in [2.75, 3.05) is 7.11 Å². The third kappa shape index (κ3) is 8.17. The molecule has 126 valence electrons. The van der Waals surface area contributed by atoms with Crippen LogP contribution in [0.5, 0.6) is 0 Å². The number of methoxy groups -OCH3 is 1. The van der Waals surface area contributed by atoms with E-state index in [0.29, 0.717) is 6.10 Å². The molecule has 0 spiro atoms. The Morgan fingerprint density at radius 2 is 1.76 bits per heavy atom. The van der Waals surface area contributed by atoms with Gasteiger partial charge in [-0.05, 0) is 37.4 Å². The van der Waals surface area contributed by atoms with Crippen LogP contribution in [-0.4, -0.2) is 27.6 Å². The van der Waals surface area contributed by atoms with Crippen molar-refractivity contribution in [1.29, 1.82) is 0 Å². The number of hydrogen-bond donors (Lipinski definition) is 0. The van der Waals surface area contributed by atoms with Crippen LogP contribution in [0.25, 0.3) is 0 Å². The number of ether oxygens (including phenoxy) is 1. The molecule has 3 heteroatoms. The molecule has 0 saturated heterocycles. The molecule has 2 atom stereocenters. The summed E-state index contributed by atoms with van der Waals surface area (Å²) in [7, 11) is 0.101. The Kier molecular flexibility index (Phi) is 9.75. The second-order valence-electron chi connectivity index (χ2n) is 7.61. The molecule has 0 amide bonds. The highest BCUT2D eigenvalue weighted by Crippen LogP contribution is 2.38. The zero-order valence-corrected chi connectivity index (χ0v) is 16.5. The van der Waals surface area contributed by atoms with Crippen molar-refractivity contribution in [2.45, 2.75) is 96.6 Å². The van der Waals surface area contributed by atoms with Gasteiger partial charge in [0.05, 0.1) is 12.2 Å². The van der Waals surface area contributed by atoms with Gasteiger partial charge in [-0.25, -0.2) is 0 Å². The minimum absolute atomic E-state index is 0.245. The monoisotopic (exact) mass is 314 g/mol. The first-order chi connectivity index (χ1) is 9.67. The summed E-state index contributed by atoms with van der Waals surface area (Å²) < 4.78 is 12.2. The van der Waals surface area contributed by atoms with Crippen molar-refractivity contribution in [3.63, 3.8) is 0 Å². The van der Waals surface area contributed by atoms with Gasteiger partial charge in [-0.3, -0.25) is 0 Å². The molecular weight excluding hydrogens is 276 g/mol. The summed E-state index contributed by atoms with van der Waals surface area (Å²) in [6.07, 6.45) is 9.37. The van der Waals surface area contributed by atoms with Crippen molar-refractivity contribution in [3.8, 4) is 0 Å². The van der Waals surface area contributed by atoms with Gasteiger partial charge in [-0.1, -0.05) is 53.0 Å². The summed E-state index contributed by atoms with van der Waals surface area (Å²) in [5, 5.41) is 0.247. The molecule has 0 saturated carbocycles. The predicted molar refractivity (Wildman–Crippen MR) is 96.4 cm³/mol. The molecule has 0 aliphatic carbocycles. The van der Waals surface area contributed by atoms with Crippen molar-refractivity contribution >= 4 is 8.32 Å². The molecule has 21 heavy (non-hydrogen) atoms. The van der Waals surface area contributed by atoms with Gasteiger partial charge in [-0.15, -0.1) is 6.58 Å². The van der Waals surface area contributed by atoms with Crippen molar-refractivity contribution < 1.29 is 9.16 Å². The lowest BCUT2D eigenvalue weighted by molar-refractivity contribution is 0.0436. The van der Waals surface area contributed by atoms with Crippen LogP contribution in [0.15, 0.2) is 12.7 Å². The molecule has 0 radical (unpaired) electrons. The van der Waals surface area contributed by atoms with Gasteiger partial charge in [0, 0.05) is 7.11 Å². The molecule has 0 aromatic heterocycles. The van der Waals surface area contributed by atoms with E-state index in [1.54, 1.807) is 0 Å². The van der Waals surface area contributed by atoms with E-state index in [-0.39, 0.29) is 11.1 Å². The van der Waals surface area contributed by atoms with Gasteiger partial charge in [0.25, 0.3) is 0 Å². The number of hydrogen-bond acceptors (Lipinski definition) is 2. The fraction of sp³-hybridized carbons (Fsp3) is 0.889. The Morgan fingerprint density at radius 1 is 1.14 bits per heavy atom. The predicted octanol–water partition coefficient (Wildman–Crippen LogP) is 5.94. The highest BCUT2D eigenvalue weighted by molar-refractivity contribution is 6.74. The van der Waals surface area contributed by atoms with Gasteiger partial charge in [0.1, 0.15) is 0 Å². The zero-order valence-electron chi connectivity index (χ0n) is 15.5. The lowest BCUT2D eigenvalue weighted by atomic mass is 10.0. The van der Waals surface area contributed by atoms with E-state index >= 15 is 0 Å². The third-order valence-corrected chi connectivity index (χ3v) is 9.22. The van der Waals surface area contributed by atoms with E-state index in [4.69, 9.17) is 9.16 Å². The van der Waals surface area contributed by atoms with Gasteiger partial charge in [-0.2, -0.15) is 0 Å². The first-order valence-electron chi connectivity index (χ1n) is 8.49. The molecule has 0 unspecified atom stereocenters. The standard InChI is InChI=1S/C18H38O2Si/c1-9-11-12-14-16(19-6)15-17(13-10-2)20-21(7,8)18(3,4)5/h10,16-17H,2,9,11-15H2,1,3-8H3/t16-,17+/m0/s1. The van der Waals surface area contributed by atoms with Crippen LogP contribution in [0, 0.1) is 0 Å². The van der Waals surface area contributed by atoms with E-state index in [0.717, 1.165) is 19.3 Å². The smallest absolute Gasteiger partial charge is 0.192 e. The topological polar surface area (TPSA) is 18.5 Å². The molecule has 0 aromatic rings. The average molecular weight is 315 g/mol. The minimum atomic E-state index is -1.73. The molecule has 0 N–H and O–H groups in total. The van der Waals surface area contributed by atoms with Crippen molar-refractivity contribution in [3.05, 3.63) is 12.7 Å². The second-order valence-corrected chi connectivity index (χ2v) is 12.4. The van der Waals surface area contributed by atoms with Crippen LogP contribution in [0.3, 0.4) is 0 Å². The van der Waals surface area contributed by atoms with Crippen LogP contribution in [0.4, 0.5) is 0 Å². The molecule has 0 bridgehead atoms. The second kappa shape index (κ2) is 9.81. The molecule has 0 fully saturated rings. The SMILES string of the molecule is C=CC[C@H](C[C@H](CCCCC)OC)O[Si](C)(C)C(C)(C)C. The van der Waals surface area contributed by atoms with Crippen LogP contribution in [0.2, 0.25) is 18.1 Å². The average Bonchev–Trinajstić information content (AvgIpc) is 2.36. The molecule has 0 aliphatic heterocycles. The Labute approximate surface area is 134 Å². The van der Waals surface area contributed by atoms with Crippen LogP contribution >= 0.6 is 0 Å². The van der Waals surface area contributed by atoms with Gasteiger partial charge in [0.15, 0.2) is 8.32 Å². The van der Waals surface area contributed by atoms with Crippen LogP contribution in [0.1, 0.15) is 66.2 Å². The molecular formula is C18H38O2Si. The van der Waals surface area contributed by atoms with E-state index < -0.39 is 8.32 Å². The van der Waals surface area contributed by atoms with Gasteiger partial charge in [0.2, 0.25) is 0 Å². The van der Waals surface area contributed by atoms with Crippen LogP contribution < -0.4 is 0 Å². The van der Waals surface area contributed by atoms with E-state index in [1.165, 1.54) is 19.3 Å². The minimum Gasteiger partial charge on any atom is -0.414 e. The third-order valence-electron chi connectivity index (χ3n) is 4.69. The Balaban J connectivity index is 4.62. The van der Waals surface area contributed by atoms with Gasteiger partial charge >= 0.3 is 0 Å². The lowest BCUT2D eigenvalue weighted by Crippen LogP contribution is -2.44. The largest absolute Gasteiger partial charge is 0.414 e. The molecule has 0 heterocycles. The van der Waals surface area contributed by atoms with E-state index in [2.05, 4.69) is 47.4 Å². The maximum atomic E-state index is 6.57. The van der Waals surface area contributed by atoms with Crippen LogP contribution in [-0.2, 0) is 9.16 Å². The van der Waals surface area contributed by atoms with E-state index in [9.17, 15) is 0 Å². The maximum Gasteiger partial charge on any atom is 0.192 e.